The average molecular weight is 209 g/mol. The summed E-state index contributed by atoms with van der Waals surface area (Å²) in [7, 11) is 0. The number of nitrogens with zero attached hydrogens (tertiary/aromatic N) is 2. The van der Waals surface area contributed by atoms with Gasteiger partial charge in [0.2, 0.25) is 5.88 Å². The number of hydrogen-bond donors (Lipinski definition) is 0. The van der Waals surface area contributed by atoms with Crippen LogP contribution >= 0.6 is 11.6 Å². The van der Waals surface area contributed by atoms with E-state index in [1.807, 2.05) is 6.07 Å². The van der Waals surface area contributed by atoms with Gasteiger partial charge in [0.1, 0.15) is 11.1 Å². The third-order valence-electron chi connectivity index (χ3n) is 2.13. The predicted octanol–water partition coefficient (Wildman–Crippen LogP) is 2.40. The summed E-state index contributed by atoms with van der Waals surface area (Å²) in [6.07, 6.45) is 3.97. The zero-order valence-electron chi connectivity index (χ0n) is 7.53. The number of pyridine rings is 1. The first-order valence-corrected chi connectivity index (χ1v) is 4.86. The van der Waals surface area contributed by atoms with Gasteiger partial charge in [-0.3, -0.25) is 0 Å². The van der Waals surface area contributed by atoms with Gasteiger partial charge in [0, 0.05) is 6.20 Å². The van der Waals surface area contributed by atoms with Gasteiger partial charge in [-0.25, -0.2) is 4.98 Å². The van der Waals surface area contributed by atoms with Crippen molar-refractivity contribution in [3.05, 3.63) is 22.8 Å². The van der Waals surface area contributed by atoms with Crippen LogP contribution in [0.25, 0.3) is 0 Å². The summed E-state index contributed by atoms with van der Waals surface area (Å²) in [4.78, 5) is 3.98. The Morgan fingerprint density at radius 3 is 3.07 bits per heavy atom. The summed E-state index contributed by atoms with van der Waals surface area (Å²) in [6.45, 7) is 0.654. The molecule has 0 aliphatic heterocycles. The van der Waals surface area contributed by atoms with Gasteiger partial charge >= 0.3 is 0 Å². The minimum Gasteiger partial charge on any atom is -0.476 e. The summed E-state index contributed by atoms with van der Waals surface area (Å²) in [5.74, 6) is 1.02. The van der Waals surface area contributed by atoms with Gasteiger partial charge in [0.15, 0.2) is 0 Å². The van der Waals surface area contributed by atoms with E-state index in [1.54, 1.807) is 6.07 Å². The highest BCUT2D eigenvalue weighted by molar-refractivity contribution is 6.32. The Morgan fingerprint density at radius 2 is 2.43 bits per heavy atom. The summed E-state index contributed by atoms with van der Waals surface area (Å²) in [5.41, 5.74) is 0.410. The van der Waals surface area contributed by atoms with E-state index < -0.39 is 0 Å². The number of nitriles is 1. The van der Waals surface area contributed by atoms with Crippen LogP contribution in [0.2, 0.25) is 5.02 Å². The lowest BCUT2D eigenvalue weighted by Gasteiger charge is -2.05. The molecule has 0 atom stereocenters. The summed E-state index contributed by atoms with van der Waals surface area (Å²) >= 11 is 5.90. The SMILES string of the molecule is N#Cc1ccnc(OCC2CC2)c1Cl. The topological polar surface area (TPSA) is 45.9 Å². The maximum absolute atomic E-state index is 8.71. The highest BCUT2D eigenvalue weighted by Crippen LogP contribution is 2.31. The Bertz CT molecular complexity index is 382. The van der Waals surface area contributed by atoms with Crippen LogP contribution in [0.3, 0.4) is 0 Å². The van der Waals surface area contributed by atoms with Crippen LogP contribution in [-0.4, -0.2) is 11.6 Å². The molecule has 3 nitrogen and oxygen atoms in total. The van der Waals surface area contributed by atoms with E-state index in [1.165, 1.54) is 19.0 Å². The molecule has 0 amide bonds. The lowest BCUT2D eigenvalue weighted by atomic mass is 10.3. The minimum absolute atomic E-state index is 0.315. The highest BCUT2D eigenvalue weighted by atomic mass is 35.5. The molecule has 1 aliphatic rings. The first-order chi connectivity index (χ1) is 6.81. The monoisotopic (exact) mass is 208 g/mol. The Balaban J connectivity index is 2.11. The van der Waals surface area contributed by atoms with Crippen LogP contribution in [0.5, 0.6) is 5.88 Å². The quantitative estimate of drug-likeness (QED) is 0.766. The highest BCUT2D eigenvalue weighted by Gasteiger charge is 2.22. The molecule has 2 rings (SSSR count). The molecule has 0 aromatic carbocycles. The van der Waals surface area contributed by atoms with Crippen LogP contribution < -0.4 is 4.74 Å². The molecular weight excluding hydrogens is 200 g/mol. The third kappa shape index (κ3) is 1.97. The zero-order chi connectivity index (χ0) is 9.97. The van der Waals surface area contributed by atoms with E-state index in [2.05, 4.69) is 4.98 Å². The molecule has 1 aromatic rings. The van der Waals surface area contributed by atoms with E-state index >= 15 is 0 Å². The molecule has 0 radical (unpaired) electrons. The van der Waals surface area contributed by atoms with Crippen LogP contribution in [0, 0.1) is 17.2 Å². The Hall–Kier alpha value is -1.27. The van der Waals surface area contributed by atoms with Crippen molar-refractivity contribution in [3.8, 4) is 11.9 Å². The maximum Gasteiger partial charge on any atom is 0.233 e. The molecule has 0 spiro atoms. The molecule has 0 saturated heterocycles. The average Bonchev–Trinajstić information content (AvgIpc) is 3.00. The van der Waals surface area contributed by atoms with Gasteiger partial charge in [-0.1, -0.05) is 11.6 Å². The fourth-order valence-electron chi connectivity index (χ4n) is 1.09. The molecule has 1 aliphatic carbocycles. The molecule has 0 N–H and O–H groups in total. The van der Waals surface area contributed by atoms with Gasteiger partial charge in [-0.2, -0.15) is 5.26 Å². The van der Waals surface area contributed by atoms with Crippen molar-refractivity contribution < 1.29 is 4.74 Å². The van der Waals surface area contributed by atoms with E-state index in [0.717, 1.165) is 0 Å². The fraction of sp³-hybridized carbons (Fsp3) is 0.400. The summed E-state index contributed by atoms with van der Waals surface area (Å²) in [6, 6.07) is 3.56. The third-order valence-corrected chi connectivity index (χ3v) is 2.50. The first kappa shape index (κ1) is 9.29. The molecule has 1 heterocycles. The fourth-order valence-corrected chi connectivity index (χ4v) is 1.30. The molecule has 72 valence electrons. The number of rotatable bonds is 3. The predicted molar refractivity (Wildman–Crippen MR) is 52.2 cm³/mol. The van der Waals surface area contributed by atoms with Gasteiger partial charge in [-0.05, 0) is 24.8 Å². The molecule has 0 bridgehead atoms. The van der Waals surface area contributed by atoms with Crippen molar-refractivity contribution in [2.24, 2.45) is 5.92 Å². The molecular formula is C10H9ClN2O. The van der Waals surface area contributed by atoms with Gasteiger partial charge in [0.25, 0.3) is 0 Å². The number of ether oxygens (including phenoxy) is 1. The van der Waals surface area contributed by atoms with Crippen LogP contribution in [0.4, 0.5) is 0 Å². The zero-order valence-corrected chi connectivity index (χ0v) is 8.29. The molecule has 1 saturated carbocycles. The standard InChI is InChI=1S/C10H9ClN2O/c11-9-8(5-12)3-4-13-10(9)14-6-7-1-2-7/h3-4,7H,1-2,6H2. The number of halogens is 1. The van der Waals surface area contributed by atoms with E-state index in [-0.39, 0.29) is 0 Å². The lowest BCUT2D eigenvalue weighted by Crippen LogP contribution is -2.01. The molecule has 4 heteroatoms. The molecule has 14 heavy (non-hydrogen) atoms. The van der Waals surface area contributed by atoms with Crippen molar-refractivity contribution >= 4 is 11.6 Å². The van der Waals surface area contributed by atoms with Crippen LogP contribution in [0.1, 0.15) is 18.4 Å². The second-order valence-corrected chi connectivity index (χ2v) is 3.72. The van der Waals surface area contributed by atoms with Crippen molar-refractivity contribution in [2.75, 3.05) is 6.61 Å². The van der Waals surface area contributed by atoms with Crippen molar-refractivity contribution in [3.63, 3.8) is 0 Å². The maximum atomic E-state index is 8.71. The van der Waals surface area contributed by atoms with Crippen LogP contribution in [0.15, 0.2) is 12.3 Å². The Morgan fingerprint density at radius 1 is 1.64 bits per heavy atom. The second-order valence-electron chi connectivity index (χ2n) is 3.34. The van der Waals surface area contributed by atoms with Crippen molar-refractivity contribution in [1.82, 2.24) is 4.98 Å². The van der Waals surface area contributed by atoms with Crippen molar-refractivity contribution in [1.29, 1.82) is 5.26 Å². The Kier molecular flexibility index (Phi) is 2.55. The summed E-state index contributed by atoms with van der Waals surface area (Å²) < 4.78 is 5.41. The molecule has 1 fully saturated rings. The Labute approximate surface area is 87.3 Å². The van der Waals surface area contributed by atoms with Gasteiger partial charge in [-0.15, -0.1) is 0 Å². The number of aromatic nitrogens is 1. The molecule has 0 unspecified atom stereocenters. The second kappa shape index (κ2) is 3.85. The summed E-state index contributed by atoms with van der Waals surface area (Å²) in [5, 5.41) is 9.03. The molecule has 1 aromatic heterocycles. The lowest BCUT2D eigenvalue weighted by molar-refractivity contribution is 0.288. The van der Waals surface area contributed by atoms with Gasteiger partial charge in [0.05, 0.1) is 12.2 Å². The van der Waals surface area contributed by atoms with E-state index in [0.29, 0.717) is 29.0 Å². The van der Waals surface area contributed by atoms with E-state index in [9.17, 15) is 0 Å². The first-order valence-electron chi connectivity index (χ1n) is 4.48. The van der Waals surface area contributed by atoms with Gasteiger partial charge < -0.3 is 4.74 Å². The van der Waals surface area contributed by atoms with Crippen LogP contribution in [-0.2, 0) is 0 Å². The minimum atomic E-state index is 0.315. The number of hydrogen-bond acceptors (Lipinski definition) is 3. The largest absolute Gasteiger partial charge is 0.476 e. The smallest absolute Gasteiger partial charge is 0.233 e. The normalized spacial score (nSPS) is 14.9. The van der Waals surface area contributed by atoms with Crippen molar-refractivity contribution in [2.45, 2.75) is 12.8 Å². The van der Waals surface area contributed by atoms with E-state index in [4.69, 9.17) is 21.6 Å².